The van der Waals surface area contributed by atoms with Crippen LogP contribution < -0.4 is 10.5 Å². The molecule has 31 heavy (non-hydrogen) atoms. The molecule has 1 aromatic carbocycles. The number of benzene rings is 1. The van der Waals surface area contributed by atoms with Crippen molar-refractivity contribution >= 4 is 15.8 Å². The largest absolute Gasteiger partial charge is 0.393 e. The van der Waals surface area contributed by atoms with Gasteiger partial charge in [0, 0.05) is 17.8 Å². The van der Waals surface area contributed by atoms with Gasteiger partial charge < -0.3 is 10.8 Å². The quantitative estimate of drug-likeness (QED) is 0.550. The van der Waals surface area contributed by atoms with Crippen LogP contribution in [-0.4, -0.2) is 45.4 Å². The lowest BCUT2D eigenvalue weighted by Gasteiger charge is -2.26. The average molecular weight is 443 g/mol. The number of anilines is 1. The standard InChI is InChI=1S/C21H26N6O3S/c1-13-10-24-27(12-13)21-20(22)23-11-19(25-21)18-9-17(8-3-14(18)2)31(29,30)26-15-4-6-16(28)7-5-15/h3,8-12,15-16,26,28H,4-7H2,1-2H3,(H2,22,23)/t15-,16-. The van der Waals surface area contributed by atoms with Crippen molar-refractivity contribution in [2.45, 2.75) is 56.6 Å². The summed E-state index contributed by atoms with van der Waals surface area (Å²) in [6.07, 6.45) is 7.12. The van der Waals surface area contributed by atoms with Gasteiger partial charge in [-0.2, -0.15) is 5.10 Å². The third-order valence-electron chi connectivity index (χ3n) is 5.52. The van der Waals surface area contributed by atoms with Crippen molar-refractivity contribution in [3.05, 3.63) is 47.9 Å². The molecule has 1 fully saturated rings. The maximum absolute atomic E-state index is 13.0. The second-order valence-electron chi connectivity index (χ2n) is 8.03. The number of rotatable bonds is 5. The van der Waals surface area contributed by atoms with Gasteiger partial charge in [0.25, 0.3) is 0 Å². The maximum atomic E-state index is 13.0. The Hall–Kier alpha value is -2.82. The van der Waals surface area contributed by atoms with Crippen molar-refractivity contribution < 1.29 is 13.5 Å². The van der Waals surface area contributed by atoms with Gasteiger partial charge in [0.2, 0.25) is 10.0 Å². The number of hydrogen-bond acceptors (Lipinski definition) is 7. The lowest BCUT2D eigenvalue weighted by Crippen LogP contribution is -2.38. The van der Waals surface area contributed by atoms with Crippen LogP contribution in [0, 0.1) is 13.8 Å². The smallest absolute Gasteiger partial charge is 0.240 e. The van der Waals surface area contributed by atoms with E-state index >= 15 is 0 Å². The van der Waals surface area contributed by atoms with Gasteiger partial charge in [0.1, 0.15) is 0 Å². The van der Waals surface area contributed by atoms with Crippen LogP contribution in [0.3, 0.4) is 0 Å². The van der Waals surface area contributed by atoms with Crippen LogP contribution in [-0.2, 0) is 10.0 Å². The predicted molar refractivity (Wildman–Crippen MR) is 117 cm³/mol. The highest BCUT2D eigenvalue weighted by atomic mass is 32.2. The summed E-state index contributed by atoms with van der Waals surface area (Å²) in [5.41, 5.74) is 8.98. The van der Waals surface area contributed by atoms with Crippen molar-refractivity contribution in [3.8, 4) is 17.1 Å². The van der Waals surface area contributed by atoms with E-state index in [1.54, 1.807) is 35.3 Å². The summed E-state index contributed by atoms with van der Waals surface area (Å²) in [6.45, 7) is 3.80. The van der Waals surface area contributed by atoms with Crippen LogP contribution in [0.5, 0.6) is 0 Å². The molecule has 10 heteroatoms. The molecule has 0 amide bonds. The van der Waals surface area contributed by atoms with E-state index in [9.17, 15) is 13.5 Å². The second-order valence-corrected chi connectivity index (χ2v) is 9.74. The molecule has 2 aromatic heterocycles. The van der Waals surface area contributed by atoms with Crippen LogP contribution in [0.15, 0.2) is 41.7 Å². The number of aromatic nitrogens is 4. The topological polar surface area (TPSA) is 136 Å². The van der Waals surface area contributed by atoms with Crippen LogP contribution in [0.1, 0.15) is 36.8 Å². The van der Waals surface area contributed by atoms with Crippen molar-refractivity contribution in [1.82, 2.24) is 24.5 Å². The van der Waals surface area contributed by atoms with Gasteiger partial charge in [-0.15, -0.1) is 0 Å². The molecule has 0 atom stereocenters. The van der Waals surface area contributed by atoms with E-state index < -0.39 is 10.0 Å². The van der Waals surface area contributed by atoms with E-state index in [4.69, 9.17) is 5.73 Å². The van der Waals surface area contributed by atoms with Crippen molar-refractivity contribution in [3.63, 3.8) is 0 Å². The lowest BCUT2D eigenvalue weighted by atomic mass is 9.94. The van der Waals surface area contributed by atoms with E-state index in [1.807, 2.05) is 13.8 Å². The van der Waals surface area contributed by atoms with Gasteiger partial charge in [-0.25, -0.2) is 27.8 Å². The number of aliphatic hydroxyl groups is 1. The molecular weight excluding hydrogens is 416 g/mol. The van der Waals surface area contributed by atoms with Gasteiger partial charge in [-0.1, -0.05) is 6.07 Å². The Labute approximate surface area is 181 Å². The monoisotopic (exact) mass is 442 g/mol. The molecule has 4 rings (SSSR count). The Balaban J connectivity index is 1.67. The highest BCUT2D eigenvalue weighted by Crippen LogP contribution is 2.27. The summed E-state index contributed by atoms with van der Waals surface area (Å²) in [5.74, 6) is 0.617. The SMILES string of the molecule is Cc1cnn(-c2nc(-c3cc(S(=O)(=O)N[C@H]4CC[C@H](O)CC4)ccc3C)cnc2N)c1. The third kappa shape index (κ3) is 4.60. The number of nitrogen functional groups attached to an aromatic ring is 1. The zero-order chi connectivity index (χ0) is 22.2. The summed E-state index contributed by atoms with van der Waals surface area (Å²) in [6, 6.07) is 4.77. The predicted octanol–water partition coefficient (Wildman–Crippen LogP) is 2.11. The highest BCUT2D eigenvalue weighted by Gasteiger charge is 2.25. The van der Waals surface area contributed by atoms with Crippen molar-refractivity contribution in [1.29, 1.82) is 0 Å². The molecule has 164 valence electrons. The van der Waals surface area contributed by atoms with E-state index in [0.717, 1.165) is 11.1 Å². The first kappa shape index (κ1) is 21.4. The Bertz CT molecular complexity index is 1200. The maximum Gasteiger partial charge on any atom is 0.240 e. The van der Waals surface area contributed by atoms with Gasteiger partial charge in [0.05, 0.1) is 29.1 Å². The molecule has 1 saturated carbocycles. The van der Waals surface area contributed by atoms with E-state index in [-0.39, 0.29) is 22.9 Å². The Morgan fingerprint density at radius 2 is 1.90 bits per heavy atom. The number of nitrogens with two attached hydrogens (primary N) is 1. The molecule has 1 aliphatic carbocycles. The molecule has 0 spiro atoms. The first-order chi connectivity index (χ1) is 14.7. The number of hydrogen-bond donors (Lipinski definition) is 3. The second kappa shape index (κ2) is 8.37. The number of sulfonamides is 1. The molecule has 4 N–H and O–H groups in total. The summed E-state index contributed by atoms with van der Waals surface area (Å²) >= 11 is 0. The normalized spacial score (nSPS) is 19.5. The minimum atomic E-state index is -3.71. The Morgan fingerprint density at radius 3 is 2.58 bits per heavy atom. The minimum Gasteiger partial charge on any atom is -0.393 e. The van der Waals surface area contributed by atoms with Crippen LogP contribution >= 0.6 is 0 Å². The highest BCUT2D eigenvalue weighted by molar-refractivity contribution is 7.89. The summed E-state index contributed by atoms with van der Waals surface area (Å²) in [4.78, 5) is 9.01. The number of nitrogens with zero attached hydrogens (tertiary/aromatic N) is 4. The molecule has 3 aromatic rings. The van der Waals surface area contributed by atoms with Crippen LogP contribution in [0.25, 0.3) is 17.1 Å². The van der Waals surface area contributed by atoms with E-state index in [2.05, 4.69) is 19.8 Å². The zero-order valence-electron chi connectivity index (χ0n) is 17.5. The first-order valence-electron chi connectivity index (χ1n) is 10.2. The van der Waals surface area contributed by atoms with Crippen LogP contribution in [0.4, 0.5) is 5.82 Å². The molecule has 2 heterocycles. The molecule has 0 saturated heterocycles. The first-order valence-corrected chi connectivity index (χ1v) is 11.7. The Morgan fingerprint density at radius 1 is 1.16 bits per heavy atom. The fraction of sp³-hybridized carbons (Fsp3) is 0.381. The molecule has 9 nitrogen and oxygen atoms in total. The van der Waals surface area contributed by atoms with Gasteiger partial charge in [-0.3, -0.25) is 0 Å². The lowest BCUT2D eigenvalue weighted by molar-refractivity contribution is 0.120. The van der Waals surface area contributed by atoms with Crippen molar-refractivity contribution in [2.24, 2.45) is 0 Å². The van der Waals surface area contributed by atoms with Crippen molar-refractivity contribution in [2.75, 3.05) is 5.73 Å². The zero-order valence-corrected chi connectivity index (χ0v) is 18.3. The van der Waals surface area contributed by atoms with Gasteiger partial charge in [-0.05, 0) is 62.8 Å². The van der Waals surface area contributed by atoms with Gasteiger partial charge >= 0.3 is 0 Å². The van der Waals surface area contributed by atoms with Crippen LogP contribution in [0.2, 0.25) is 0 Å². The van der Waals surface area contributed by atoms with E-state index in [0.29, 0.717) is 42.8 Å². The average Bonchev–Trinajstić information content (AvgIpc) is 3.16. The molecule has 1 aliphatic rings. The number of aliphatic hydroxyl groups excluding tert-OH is 1. The minimum absolute atomic E-state index is 0.161. The van der Waals surface area contributed by atoms with E-state index in [1.165, 1.54) is 6.20 Å². The summed E-state index contributed by atoms with van der Waals surface area (Å²) < 4.78 is 30.3. The fourth-order valence-electron chi connectivity index (χ4n) is 3.74. The molecular formula is C21H26N6O3S. The summed E-state index contributed by atoms with van der Waals surface area (Å²) in [5, 5.41) is 13.9. The molecule has 0 bridgehead atoms. The molecule has 0 unspecified atom stereocenters. The Kier molecular flexibility index (Phi) is 5.78. The third-order valence-corrected chi connectivity index (χ3v) is 7.04. The molecule has 0 aliphatic heterocycles. The number of aryl methyl sites for hydroxylation is 2. The van der Waals surface area contributed by atoms with Gasteiger partial charge in [0.15, 0.2) is 11.6 Å². The summed E-state index contributed by atoms with van der Waals surface area (Å²) in [7, 11) is -3.71. The molecule has 0 radical (unpaired) electrons. The fourth-order valence-corrected chi connectivity index (χ4v) is 5.07. The number of nitrogens with one attached hydrogen (secondary N) is 1.